The van der Waals surface area contributed by atoms with E-state index in [0.29, 0.717) is 16.7 Å². The number of carboxylic acid groups (broad SMARTS) is 1. The Hall–Kier alpha value is -1.55. The fourth-order valence-corrected chi connectivity index (χ4v) is 3.39. The molecule has 0 spiro atoms. The highest BCUT2D eigenvalue weighted by Crippen LogP contribution is 2.37. The normalized spacial score (nSPS) is 16.9. The van der Waals surface area contributed by atoms with Crippen LogP contribution in [0.5, 0.6) is 0 Å². The Kier molecular flexibility index (Phi) is 3.19. The number of halogens is 1. The maximum Gasteiger partial charge on any atom is 0.341 e. The molecule has 0 unspecified atom stereocenters. The third-order valence-electron chi connectivity index (χ3n) is 3.85. The van der Waals surface area contributed by atoms with Gasteiger partial charge in [-0.05, 0) is 25.0 Å². The van der Waals surface area contributed by atoms with Gasteiger partial charge >= 0.3 is 5.97 Å². The Morgan fingerprint density at radius 1 is 1.37 bits per heavy atom. The monoisotopic (exact) mass is 278 g/mol. The molecule has 1 aliphatic carbocycles. The van der Waals surface area contributed by atoms with Gasteiger partial charge in [-0.1, -0.05) is 30.9 Å². The third kappa shape index (κ3) is 2.00. The van der Waals surface area contributed by atoms with Crippen molar-refractivity contribution >= 4 is 28.6 Å². The van der Waals surface area contributed by atoms with Gasteiger partial charge in [-0.3, -0.25) is 4.98 Å². The summed E-state index contributed by atoms with van der Waals surface area (Å²) in [6, 6.07) is 4.01. The fraction of sp³-hybridized carbons (Fsp3) is 0.429. The smallest absolute Gasteiger partial charge is 0.341 e. The Balaban J connectivity index is 2.23. The van der Waals surface area contributed by atoms with Crippen molar-refractivity contribution in [2.75, 3.05) is 0 Å². The molecule has 4 nitrogen and oxygen atoms in total. The van der Waals surface area contributed by atoms with Crippen molar-refractivity contribution in [2.24, 2.45) is 0 Å². The summed E-state index contributed by atoms with van der Waals surface area (Å²) in [4.78, 5) is 15.6. The summed E-state index contributed by atoms with van der Waals surface area (Å²) < 4.78 is 1.96. The van der Waals surface area contributed by atoms with E-state index in [1.165, 1.54) is 19.3 Å². The van der Waals surface area contributed by atoms with Gasteiger partial charge in [-0.2, -0.15) is 0 Å². The van der Waals surface area contributed by atoms with Gasteiger partial charge < -0.3 is 9.67 Å². The molecule has 2 aromatic rings. The number of carboxylic acids is 1. The van der Waals surface area contributed by atoms with Crippen LogP contribution in [0.25, 0.3) is 11.0 Å². The molecule has 1 saturated carbocycles. The third-order valence-corrected chi connectivity index (χ3v) is 4.23. The minimum absolute atomic E-state index is 0.128. The Bertz CT molecular complexity index is 630. The largest absolute Gasteiger partial charge is 0.478 e. The van der Waals surface area contributed by atoms with E-state index in [9.17, 15) is 9.90 Å². The lowest BCUT2D eigenvalue weighted by Gasteiger charge is -2.25. The Morgan fingerprint density at radius 3 is 2.79 bits per heavy atom. The molecule has 0 aromatic carbocycles. The zero-order valence-corrected chi connectivity index (χ0v) is 11.2. The molecule has 1 fully saturated rings. The van der Waals surface area contributed by atoms with Gasteiger partial charge in [-0.15, -0.1) is 0 Å². The highest BCUT2D eigenvalue weighted by Gasteiger charge is 2.26. The van der Waals surface area contributed by atoms with E-state index in [4.69, 9.17) is 11.6 Å². The molecule has 0 amide bonds. The summed E-state index contributed by atoms with van der Waals surface area (Å²) in [5, 5.41) is 9.65. The van der Waals surface area contributed by atoms with Crippen molar-refractivity contribution in [3.63, 3.8) is 0 Å². The van der Waals surface area contributed by atoms with Crippen molar-refractivity contribution in [3.05, 3.63) is 29.0 Å². The molecule has 2 aromatic heterocycles. The van der Waals surface area contributed by atoms with Crippen LogP contribution in [0.4, 0.5) is 0 Å². The second-order valence-corrected chi connectivity index (χ2v) is 5.36. The zero-order chi connectivity index (χ0) is 13.4. The summed E-state index contributed by atoms with van der Waals surface area (Å²) in [6.07, 6.45) is 7.30. The van der Waals surface area contributed by atoms with Crippen LogP contribution in [0.1, 0.15) is 48.5 Å². The second-order valence-electron chi connectivity index (χ2n) is 5.00. The number of aromatic nitrogens is 2. The van der Waals surface area contributed by atoms with Crippen LogP contribution in [0.3, 0.4) is 0 Å². The van der Waals surface area contributed by atoms with Gasteiger partial charge in [0.05, 0.1) is 5.52 Å². The molecular formula is C14H15ClN2O2. The van der Waals surface area contributed by atoms with Gasteiger partial charge in [0.15, 0.2) is 0 Å². The molecule has 0 aliphatic heterocycles. The minimum Gasteiger partial charge on any atom is -0.478 e. The van der Waals surface area contributed by atoms with Crippen molar-refractivity contribution in [1.29, 1.82) is 0 Å². The predicted molar refractivity (Wildman–Crippen MR) is 73.8 cm³/mol. The van der Waals surface area contributed by atoms with Crippen LogP contribution < -0.4 is 0 Å². The summed E-state index contributed by atoms with van der Waals surface area (Å²) in [5.41, 5.74) is 1.45. The van der Waals surface area contributed by atoms with Crippen molar-refractivity contribution < 1.29 is 9.90 Å². The first-order valence-corrected chi connectivity index (χ1v) is 6.95. The molecule has 1 N–H and O–H groups in total. The van der Waals surface area contributed by atoms with E-state index >= 15 is 0 Å². The number of hydrogen-bond acceptors (Lipinski definition) is 2. The number of fused-ring (bicyclic) bond motifs is 1. The van der Waals surface area contributed by atoms with E-state index in [-0.39, 0.29) is 5.56 Å². The number of hydrogen-bond donors (Lipinski definition) is 1. The maximum atomic E-state index is 11.4. The summed E-state index contributed by atoms with van der Waals surface area (Å²) >= 11 is 6.32. The van der Waals surface area contributed by atoms with E-state index in [1.807, 2.05) is 16.7 Å². The average Bonchev–Trinajstić information content (AvgIpc) is 2.71. The van der Waals surface area contributed by atoms with Crippen LogP contribution >= 0.6 is 11.6 Å². The van der Waals surface area contributed by atoms with Gasteiger partial charge in [0, 0.05) is 12.2 Å². The van der Waals surface area contributed by atoms with Gasteiger partial charge in [0.2, 0.25) is 0 Å². The number of aromatic carboxylic acids is 1. The summed E-state index contributed by atoms with van der Waals surface area (Å²) in [5.74, 6) is -1.01. The first-order chi connectivity index (χ1) is 9.20. The summed E-state index contributed by atoms with van der Waals surface area (Å²) in [6.45, 7) is 0. The first kappa shape index (κ1) is 12.5. The SMILES string of the molecule is O=C(O)c1c(Cl)n(C2CCCCC2)c2cccnc12. The topological polar surface area (TPSA) is 55.1 Å². The lowest BCUT2D eigenvalue weighted by atomic mass is 9.95. The molecule has 5 heteroatoms. The minimum atomic E-state index is -1.01. The molecule has 0 bridgehead atoms. The van der Waals surface area contributed by atoms with Gasteiger partial charge in [0.1, 0.15) is 16.2 Å². The van der Waals surface area contributed by atoms with Crippen LogP contribution in [-0.2, 0) is 0 Å². The number of pyridine rings is 1. The number of nitrogens with zero attached hydrogens (tertiary/aromatic N) is 2. The van der Waals surface area contributed by atoms with Crippen molar-refractivity contribution in [2.45, 2.75) is 38.1 Å². The molecule has 19 heavy (non-hydrogen) atoms. The highest BCUT2D eigenvalue weighted by atomic mass is 35.5. The molecule has 0 saturated heterocycles. The average molecular weight is 279 g/mol. The molecule has 0 atom stereocenters. The van der Waals surface area contributed by atoms with Crippen molar-refractivity contribution in [3.8, 4) is 0 Å². The lowest BCUT2D eigenvalue weighted by molar-refractivity contribution is 0.0698. The zero-order valence-electron chi connectivity index (χ0n) is 10.5. The van der Waals surface area contributed by atoms with Crippen LogP contribution in [0.15, 0.2) is 18.3 Å². The molecule has 2 heterocycles. The standard InChI is InChI=1S/C14H15ClN2O2/c15-13-11(14(18)19)12-10(7-4-8-16-12)17(13)9-5-2-1-3-6-9/h4,7-9H,1-3,5-6H2,(H,18,19). The highest BCUT2D eigenvalue weighted by molar-refractivity contribution is 6.34. The Morgan fingerprint density at radius 2 is 2.11 bits per heavy atom. The van der Waals surface area contributed by atoms with E-state index < -0.39 is 5.97 Å². The first-order valence-electron chi connectivity index (χ1n) is 6.58. The number of rotatable bonds is 2. The molecular weight excluding hydrogens is 264 g/mol. The van der Waals surface area contributed by atoms with Gasteiger partial charge in [-0.25, -0.2) is 4.79 Å². The maximum absolute atomic E-state index is 11.4. The predicted octanol–water partition coefficient (Wildman–Crippen LogP) is 3.89. The fourth-order valence-electron chi connectivity index (χ4n) is 2.99. The van der Waals surface area contributed by atoms with Crippen LogP contribution in [0.2, 0.25) is 5.15 Å². The quantitative estimate of drug-likeness (QED) is 0.906. The second kappa shape index (κ2) is 4.85. The van der Waals surface area contributed by atoms with Crippen LogP contribution in [-0.4, -0.2) is 20.6 Å². The molecule has 0 radical (unpaired) electrons. The lowest BCUT2D eigenvalue weighted by Crippen LogP contribution is -2.13. The van der Waals surface area contributed by atoms with E-state index in [0.717, 1.165) is 18.4 Å². The van der Waals surface area contributed by atoms with Crippen molar-refractivity contribution in [1.82, 2.24) is 9.55 Å². The molecule has 3 rings (SSSR count). The van der Waals surface area contributed by atoms with E-state index in [2.05, 4.69) is 4.98 Å². The van der Waals surface area contributed by atoms with Gasteiger partial charge in [0.25, 0.3) is 0 Å². The van der Waals surface area contributed by atoms with E-state index in [1.54, 1.807) is 6.20 Å². The summed E-state index contributed by atoms with van der Waals surface area (Å²) in [7, 11) is 0. The van der Waals surface area contributed by atoms with Crippen LogP contribution in [0, 0.1) is 0 Å². The molecule has 100 valence electrons. The molecule has 1 aliphatic rings. The Labute approximate surface area is 116 Å². The number of carbonyl (C=O) groups is 1.